The number of rotatable bonds is 6. The number of alkyl halides is 2. The number of aromatic nitrogens is 4. The number of anilines is 1. The van der Waals surface area contributed by atoms with Crippen LogP contribution in [0.5, 0.6) is 0 Å². The Balaban J connectivity index is 1.28. The van der Waals surface area contributed by atoms with Crippen LogP contribution in [-0.2, 0) is 4.74 Å². The SMILES string of the molecule is O=C(Nc1ccc(C2COC2)cn1)c1coc(-c2c(-c3ccc(F)cc3)ncn2C2CC(F)(F)C2)n1. The number of imidazole rings is 1. The van der Waals surface area contributed by atoms with Gasteiger partial charge in [0.25, 0.3) is 11.8 Å². The molecule has 1 aliphatic carbocycles. The number of benzene rings is 1. The molecule has 4 aromatic rings. The summed E-state index contributed by atoms with van der Waals surface area (Å²) in [7, 11) is 0. The number of carbonyl (C=O) groups is 1. The van der Waals surface area contributed by atoms with Crippen LogP contribution in [0, 0.1) is 5.82 Å². The minimum atomic E-state index is -2.75. The predicted molar refractivity (Wildman–Crippen MR) is 122 cm³/mol. The Bertz CT molecular complexity index is 1400. The maximum absolute atomic E-state index is 13.6. The predicted octanol–water partition coefficient (Wildman–Crippen LogP) is 5.08. The highest BCUT2D eigenvalue weighted by Gasteiger charge is 2.47. The molecule has 6 rings (SSSR count). The monoisotopic (exact) mass is 495 g/mol. The van der Waals surface area contributed by atoms with Gasteiger partial charge in [0.15, 0.2) is 5.69 Å². The van der Waals surface area contributed by atoms with Crippen LogP contribution in [0.1, 0.15) is 40.9 Å². The smallest absolute Gasteiger partial charge is 0.278 e. The highest BCUT2D eigenvalue weighted by molar-refractivity contribution is 6.02. The second-order valence-electron chi connectivity index (χ2n) is 8.98. The topological polar surface area (TPSA) is 95.1 Å². The standard InChI is InChI=1S/C25H20F3N5O3/c26-17-4-1-14(2-5-17)21-22(33(13-30-21)18-7-25(27,28)8-18)24-31-19(12-36-24)23(34)32-20-6-3-15(9-29-20)16-10-35-11-16/h1-6,9,12-13,16,18H,7-8,10-11H2,(H,29,32,34). The van der Waals surface area contributed by atoms with Crippen LogP contribution in [0.15, 0.2) is 59.6 Å². The van der Waals surface area contributed by atoms with Gasteiger partial charge in [0.05, 0.1) is 19.5 Å². The average molecular weight is 495 g/mol. The number of ether oxygens (including phenoxy) is 1. The highest BCUT2D eigenvalue weighted by atomic mass is 19.3. The molecule has 184 valence electrons. The van der Waals surface area contributed by atoms with E-state index in [0.717, 1.165) is 5.56 Å². The molecule has 8 nitrogen and oxygen atoms in total. The Morgan fingerprint density at radius 1 is 1.08 bits per heavy atom. The fourth-order valence-corrected chi connectivity index (χ4v) is 4.31. The van der Waals surface area contributed by atoms with Crippen LogP contribution in [-0.4, -0.2) is 44.6 Å². The van der Waals surface area contributed by atoms with Gasteiger partial charge in [0.1, 0.15) is 29.3 Å². The lowest BCUT2D eigenvalue weighted by molar-refractivity contribution is -0.103. The molecule has 4 heterocycles. The number of amides is 1. The lowest BCUT2D eigenvalue weighted by atomic mass is 9.87. The van der Waals surface area contributed by atoms with Crippen LogP contribution in [0.4, 0.5) is 19.0 Å². The maximum Gasteiger partial charge on any atom is 0.278 e. The summed E-state index contributed by atoms with van der Waals surface area (Å²) in [6.07, 6.45) is 3.63. The Morgan fingerprint density at radius 2 is 1.86 bits per heavy atom. The zero-order valence-electron chi connectivity index (χ0n) is 18.8. The van der Waals surface area contributed by atoms with Crippen molar-refractivity contribution in [2.24, 2.45) is 0 Å². The molecular formula is C25H20F3N5O3. The zero-order chi connectivity index (χ0) is 24.9. The Hall–Kier alpha value is -3.99. The van der Waals surface area contributed by atoms with Crippen molar-refractivity contribution in [1.82, 2.24) is 19.5 Å². The molecule has 1 amide bonds. The second-order valence-corrected chi connectivity index (χ2v) is 8.98. The molecule has 11 heteroatoms. The first-order valence-electron chi connectivity index (χ1n) is 11.4. The minimum Gasteiger partial charge on any atom is -0.442 e. The summed E-state index contributed by atoms with van der Waals surface area (Å²) in [6.45, 7) is 1.31. The number of pyridine rings is 1. The van der Waals surface area contributed by atoms with Crippen molar-refractivity contribution in [1.29, 1.82) is 0 Å². The third kappa shape index (κ3) is 4.15. The fraction of sp³-hybridized carbons (Fsp3) is 0.280. The van der Waals surface area contributed by atoms with E-state index in [1.54, 1.807) is 16.8 Å². The van der Waals surface area contributed by atoms with Crippen LogP contribution in [0.3, 0.4) is 0 Å². The second kappa shape index (κ2) is 8.59. The van der Waals surface area contributed by atoms with Gasteiger partial charge >= 0.3 is 0 Å². The van der Waals surface area contributed by atoms with Gasteiger partial charge in [-0.3, -0.25) is 4.79 Å². The van der Waals surface area contributed by atoms with Crippen molar-refractivity contribution in [3.8, 4) is 22.8 Å². The number of hydrogen-bond donors (Lipinski definition) is 1. The molecule has 36 heavy (non-hydrogen) atoms. The summed E-state index contributed by atoms with van der Waals surface area (Å²) in [5.41, 5.74) is 2.30. The summed E-state index contributed by atoms with van der Waals surface area (Å²) in [6, 6.07) is 8.69. The van der Waals surface area contributed by atoms with Crippen LogP contribution in [0.2, 0.25) is 0 Å². The number of oxazole rings is 1. The van der Waals surface area contributed by atoms with E-state index >= 15 is 0 Å². The maximum atomic E-state index is 13.6. The number of nitrogens with one attached hydrogen (secondary N) is 1. The number of hydrogen-bond acceptors (Lipinski definition) is 6. The van der Waals surface area contributed by atoms with Crippen molar-refractivity contribution < 1.29 is 27.1 Å². The highest BCUT2D eigenvalue weighted by Crippen LogP contribution is 2.48. The summed E-state index contributed by atoms with van der Waals surface area (Å²) >= 11 is 0. The van der Waals surface area contributed by atoms with Gasteiger partial charge in [-0.25, -0.2) is 28.1 Å². The first-order valence-corrected chi connectivity index (χ1v) is 11.4. The van der Waals surface area contributed by atoms with Gasteiger partial charge in [-0.1, -0.05) is 6.07 Å². The van der Waals surface area contributed by atoms with E-state index in [1.807, 2.05) is 6.07 Å². The van der Waals surface area contributed by atoms with E-state index in [4.69, 9.17) is 9.15 Å². The fourth-order valence-electron chi connectivity index (χ4n) is 4.31. The van der Waals surface area contributed by atoms with Crippen molar-refractivity contribution >= 4 is 11.7 Å². The van der Waals surface area contributed by atoms with E-state index < -0.39 is 23.7 Å². The Kier molecular flexibility index (Phi) is 5.36. The first-order chi connectivity index (χ1) is 17.4. The Morgan fingerprint density at radius 3 is 2.50 bits per heavy atom. The average Bonchev–Trinajstić information content (AvgIpc) is 3.45. The summed E-state index contributed by atoms with van der Waals surface area (Å²) in [5.74, 6) is -3.00. The number of carbonyl (C=O) groups excluding carboxylic acids is 1. The van der Waals surface area contributed by atoms with Gasteiger partial charge in [0.2, 0.25) is 5.89 Å². The first kappa shape index (κ1) is 22.5. The van der Waals surface area contributed by atoms with Gasteiger partial charge in [-0.2, -0.15) is 0 Å². The molecule has 0 radical (unpaired) electrons. The van der Waals surface area contributed by atoms with Gasteiger partial charge in [-0.15, -0.1) is 0 Å². The summed E-state index contributed by atoms with van der Waals surface area (Å²) < 4.78 is 53.1. The molecule has 0 atom stereocenters. The molecule has 1 aromatic carbocycles. The third-order valence-electron chi connectivity index (χ3n) is 6.45. The summed E-state index contributed by atoms with van der Waals surface area (Å²) in [5, 5.41) is 2.67. The third-order valence-corrected chi connectivity index (χ3v) is 6.45. The lowest BCUT2D eigenvalue weighted by Gasteiger charge is -2.36. The molecule has 0 bridgehead atoms. The molecule has 0 unspecified atom stereocenters. The van der Waals surface area contributed by atoms with Crippen LogP contribution in [0.25, 0.3) is 22.8 Å². The number of nitrogens with zero attached hydrogens (tertiary/aromatic N) is 4. The molecule has 2 aliphatic rings. The van der Waals surface area contributed by atoms with E-state index in [0.29, 0.717) is 41.9 Å². The van der Waals surface area contributed by atoms with Crippen molar-refractivity contribution in [2.45, 2.75) is 30.7 Å². The van der Waals surface area contributed by atoms with E-state index in [1.165, 1.54) is 36.9 Å². The molecule has 2 fully saturated rings. The molecular weight excluding hydrogens is 475 g/mol. The zero-order valence-corrected chi connectivity index (χ0v) is 18.8. The van der Waals surface area contributed by atoms with Gasteiger partial charge in [-0.05, 0) is 35.9 Å². The Labute approximate surface area is 203 Å². The number of halogens is 3. The van der Waals surface area contributed by atoms with Gasteiger partial charge in [0, 0.05) is 36.6 Å². The molecule has 1 saturated carbocycles. The summed E-state index contributed by atoms with van der Waals surface area (Å²) in [4.78, 5) is 25.8. The van der Waals surface area contributed by atoms with Crippen LogP contribution >= 0.6 is 0 Å². The largest absolute Gasteiger partial charge is 0.442 e. The van der Waals surface area contributed by atoms with Gasteiger partial charge < -0.3 is 19.0 Å². The van der Waals surface area contributed by atoms with Crippen molar-refractivity contribution in [3.05, 3.63) is 72.3 Å². The molecule has 1 N–H and O–H groups in total. The molecule has 3 aromatic heterocycles. The van der Waals surface area contributed by atoms with Crippen molar-refractivity contribution in [2.75, 3.05) is 18.5 Å². The minimum absolute atomic E-state index is 0.0139. The van der Waals surface area contributed by atoms with E-state index in [-0.39, 0.29) is 24.4 Å². The molecule has 0 spiro atoms. The molecule has 1 aliphatic heterocycles. The van der Waals surface area contributed by atoms with E-state index in [9.17, 15) is 18.0 Å². The normalized spacial score (nSPS) is 17.4. The van der Waals surface area contributed by atoms with Crippen molar-refractivity contribution in [3.63, 3.8) is 0 Å². The van der Waals surface area contributed by atoms with Crippen LogP contribution < -0.4 is 5.32 Å². The lowest BCUT2D eigenvalue weighted by Crippen LogP contribution is -2.37. The quantitative estimate of drug-likeness (QED) is 0.401. The van der Waals surface area contributed by atoms with E-state index in [2.05, 4.69) is 20.3 Å². The molecule has 1 saturated heterocycles.